The molecule has 0 aliphatic heterocycles. The van der Waals surface area contributed by atoms with Gasteiger partial charge in [-0.05, 0) is 82.6 Å². The number of benzene rings is 8. The van der Waals surface area contributed by atoms with Crippen molar-refractivity contribution in [1.82, 2.24) is 0 Å². The molecule has 8 aromatic rings. The smallest absolute Gasteiger partial charge is 0.126 e. The third-order valence-corrected chi connectivity index (χ3v) is 8.32. The van der Waals surface area contributed by atoms with Crippen LogP contribution in [0.1, 0.15) is 147 Å². The Kier molecular flexibility index (Phi) is 61.6. The molecule has 0 aliphatic rings. The van der Waals surface area contributed by atoms with Crippen LogP contribution in [0.15, 0.2) is 212 Å². The summed E-state index contributed by atoms with van der Waals surface area (Å²) in [4.78, 5) is 18.9. The van der Waals surface area contributed by atoms with E-state index in [0.717, 1.165) is 25.7 Å². The fourth-order valence-corrected chi connectivity index (χ4v) is 5.54. The van der Waals surface area contributed by atoms with E-state index in [0.29, 0.717) is 0 Å². The first-order valence-corrected chi connectivity index (χ1v) is 25.6. The number of ketones is 2. The summed E-state index contributed by atoms with van der Waals surface area (Å²) in [6.07, 6.45) is 3.89. The van der Waals surface area contributed by atoms with E-state index in [4.69, 9.17) is 0 Å². The standard InChI is InChI=1S/C14H14.C13H12.2C13H10.2C3H6O.5C2H6.2Y/c1-12-7-9-14(10-8-12)11-13-5-3-2-4-6-13;3*1-3-7-12(8-4-1)11-13-9-5-2-6-10-13;2*1-3(2)4;5*1-2;;/h2-10H,11H2,1H3;1-10H,11H2;2*1-7,9H,11H2;2*1-2H3;5*1-2H3;;/q;;2*-2;;;;;;;;;. The maximum atomic E-state index is 9.44. The normalized spacial score (nSPS) is 8.32. The minimum Gasteiger partial charge on any atom is -0.300 e. The summed E-state index contributed by atoms with van der Waals surface area (Å²) in [6, 6.07) is 85.3. The first kappa shape index (κ1) is 77.2. The van der Waals surface area contributed by atoms with Crippen LogP contribution in [-0.4, -0.2) is 11.6 Å². The fraction of sp³-hybridized carbons (Fsp3) is 0.275. The zero-order valence-corrected chi connectivity index (χ0v) is 53.2. The molecule has 0 saturated heterocycles. The Morgan fingerprint density at radius 3 is 0.671 bits per heavy atom. The minimum absolute atomic E-state index is 0. The number of aryl methyl sites for hydroxylation is 1. The van der Waals surface area contributed by atoms with Crippen molar-refractivity contribution in [2.45, 2.75) is 130 Å². The van der Waals surface area contributed by atoms with Crippen molar-refractivity contribution in [2.75, 3.05) is 0 Å². The monoisotopic (exact) mass is 1130 g/mol. The summed E-state index contributed by atoms with van der Waals surface area (Å²) < 4.78 is 0. The van der Waals surface area contributed by atoms with Crippen molar-refractivity contribution in [3.8, 4) is 0 Å². The van der Waals surface area contributed by atoms with Crippen molar-refractivity contribution >= 4 is 11.6 Å². The largest absolute Gasteiger partial charge is 0.300 e. The summed E-state index contributed by atoms with van der Waals surface area (Å²) in [6.45, 7) is 28.2. The molecule has 2 radical (unpaired) electrons. The topological polar surface area (TPSA) is 34.1 Å². The van der Waals surface area contributed by atoms with Crippen molar-refractivity contribution in [1.29, 1.82) is 0 Å². The predicted molar refractivity (Wildman–Crippen MR) is 312 cm³/mol. The molecule has 386 valence electrons. The molecule has 0 heterocycles. The summed E-state index contributed by atoms with van der Waals surface area (Å²) in [5.41, 5.74) is 11.7. The molecule has 0 unspecified atom stereocenters. The number of hydrogen-bond donors (Lipinski definition) is 0. The van der Waals surface area contributed by atoms with Crippen LogP contribution in [0.4, 0.5) is 0 Å². The molecule has 0 atom stereocenters. The first-order chi connectivity index (χ1) is 34.7. The molecule has 0 N–H and O–H groups in total. The van der Waals surface area contributed by atoms with E-state index in [9.17, 15) is 9.59 Å². The molecule has 2 nitrogen and oxygen atoms in total. The number of rotatable bonds is 8. The quantitative estimate of drug-likeness (QED) is 0.142. The van der Waals surface area contributed by atoms with Gasteiger partial charge < -0.3 is 9.59 Å². The Hall–Kier alpha value is -4.69. The maximum absolute atomic E-state index is 9.44. The molecule has 73 heavy (non-hydrogen) atoms. The molecule has 0 spiro atoms. The molecule has 4 heteroatoms. The van der Waals surface area contributed by atoms with Gasteiger partial charge in [-0.25, -0.2) is 0 Å². The van der Waals surface area contributed by atoms with Gasteiger partial charge in [-0.15, -0.1) is 0 Å². The Morgan fingerprint density at radius 2 is 0.479 bits per heavy atom. The predicted octanol–water partition coefficient (Wildman–Crippen LogP) is 18.9. The molecular formula is C69H88O2Y2-4. The van der Waals surface area contributed by atoms with Gasteiger partial charge in [0.1, 0.15) is 11.6 Å². The van der Waals surface area contributed by atoms with Gasteiger partial charge >= 0.3 is 0 Å². The van der Waals surface area contributed by atoms with E-state index in [1.807, 2.05) is 142 Å². The zero-order valence-electron chi connectivity index (χ0n) is 47.5. The molecule has 0 bridgehead atoms. The first-order valence-electron chi connectivity index (χ1n) is 25.6. The average Bonchev–Trinajstić information content (AvgIpc) is 3.42. The third kappa shape index (κ3) is 48.0. The summed E-state index contributed by atoms with van der Waals surface area (Å²) in [5, 5.41) is 0. The van der Waals surface area contributed by atoms with Gasteiger partial charge in [0, 0.05) is 65.4 Å². The number of carbonyl (C=O) groups is 2. The van der Waals surface area contributed by atoms with Crippen molar-refractivity contribution in [3.63, 3.8) is 0 Å². The average molecular weight is 1130 g/mol. The molecule has 8 aromatic carbocycles. The molecule has 0 fully saturated rings. The van der Waals surface area contributed by atoms with Crippen LogP contribution in [0.5, 0.6) is 0 Å². The molecule has 0 aromatic heterocycles. The third-order valence-electron chi connectivity index (χ3n) is 8.32. The molecule has 0 saturated carbocycles. The molecule has 0 aliphatic carbocycles. The van der Waals surface area contributed by atoms with Gasteiger partial charge in [0.15, 0.2) is 0 Å². The fourth-order valence-electron chi connectivity index (χ4n) is 5.54. The van der Waals surface area contributed by atoms with Gasteiger partial charge in [0.25, 0.3) is 0 Å². The molecule has 8 rings (SSSR count). The van der Waals surface area contributed by atoms with Crippen LogP contribution >= 0.6 is 0 Å². The summed E-state index contributed by atoms with van der Waals surface area (Å²) >= 11 is 0. The van der Waals surface area contributed by atoms with Gasteiger partial charge in [0.2, 0.25) is 0 Å². The van der Waals surface area contributed by atoms with Crippen LogP contribution < -0.4 is 0 Å². The Morgan fingerprint density at radius 1 is 0.288 bits per heavy atom. The number of Topliss-reactive ketones (excluding diaryl/α,β-unsaturated/α-hetero) is 2. The van der Waals surface area contributed by atoms with Crippen LogP contribution in [0.2, 0.25) is 0 Å². The zero-order chi connectivity index (χ0) is 53.8. The van der Waals surface area contributed by atoms with Crippen LogP contribution in [0.3, 0.4) is 0 Å². The summed E-state index contributed by atoms with van der Waals surface area (Å²) in [5.74, 6) is 0.333. The minimum atomic E-state index is 0. The Bertz CT molecular complexity index is 1970. The van der Waals surface area contributed by atoms with Gasteiger partial charge in [-0.3, -0.25) is 0 Å². The van der Waals surface area contributed by atoms with E-state index < -0.39 is 0 Å². The molecule has 0 amide bonds. The Labute approximate surface area is 498 Å². The van der Waals surface area contributed by atoms with Crippen molar-refractivity contribution < 1.29 is 75.0 Å². The van der Waals surface area contributed by atoms with Gasteiger partial charge in [-0.2, -0.15) is 144 Å². The maximum Gasteiger partial charge on any atom is 0.126 e. The molecular weight excluding hydrogens is 1040 g/mol. The summed E-state index contributed by atoms with van der Waals surface area (Å²) in [7, 11) is 0. The SMILES string of the molecule is CC.CC.CC.CC.CC.CC(C)=O.CC(C)=O.Cc1ccc(Cc2ccccc2)cc1.[Y].[Y].[c-]1ccccc1Cc1[c-]cccc1.[c-]1ccccc1Cc1[c-]cccc1.c1ccc(Cc2ccccc2)cc1. The van der Waals surface area contributed by atoms with Crippen LogP contribution in [0.25, 0.3) is 0 Å². The number of carbonyl (C=O) groups excluding carboxylic acids is 2. The number of hydrogen-bond acceptors (Lipinski definition) is 2. The van der Waals surface area contributed by atoms with E-state index in [2.05, 4.69) is 171 Å². The second-order valence-electron chi connectivity index (χ2n) is 14.5. The van der Waals surface area contributed by atoms with Crippen LogP contribution in [0, 0.1) is 31.2 Å². The van der Waals surface area contributed by atoms with Crippen molar-refractivity contribution in [3.05, 3.63) is 287 Å². The second kappa shape index (κ2) is 58.2. The second-order valence-corrected chi connectivity index (χ2v) is 14.5. The van der Waals surface area contributed by atoms with Gasteiger partial charge in [0.05, 0.1) is 0 Å². The van der Waals surface area contributed by atoms with E-state index in [1.54, 1.807) is 0 Å². The van der Waals surface area contributed by atoms with E-state index in [-0.39, 0.29) is 77.0 Å². The van der Waals surface area contributed by atoms with Gasteiger partial charge in [-0.1, -0.05) is 190 Å². The Balaban J connectivity index is -0.000000252. The van der Waals surface area contributed by atoms with E-state index >= 15 is 0 Å². The van der Waals surface area contributed by atoms with E-state index in [1.165, 1.54) is 77.8 Å². The van der Waals surface area contributed by atoms with Crippen LogP contribution in [-0.2, 0) is 101 Å². The van der Waals surface area contributed by atoms with Crippen molar-refractivity contribution in [2.24, 2.45) is 0 Å².